The molecular weight excluding hydrogens is 282 g/mol. The highest BCUT2D eigenvalue weighted by Gasteiger charge is 2.36. The van der Waals surface area contributed by atoms with Crippen molar-refractivity contribution in [3.8, 4) is 0 Å². The third-order valence-corrected chi connectivity index (χ3v) is 4.98. The Labute approximate surface area is 117 Å². The van der Waals surface area contributed by atoms with Gasteiger partial charge in [0.05, 0.1) is 0 Å². The molecule has 2 N–H and O–H groups in total. The van der Waals surface area contributed by atoms with Crippen LogP contribution >= 0.6 is 0 Å². The molecule has 0 aliphatic heterocycles. The molecule has 0 radical (unpaired) electrons. The Morgan fingerprint density at radius 1 is 1.45 bits per heavy atom. The molecule has 1 aromatic rings. The van der Waals surface area contributed by atoms with Crippen LogP contribution in [0.1, 0.15) is 12.8 Å². The van der Waals surface area contributed by atoms with E-state index in [1.807, 2.05) is 0 Å². The fourth-order valence-corrected chi connectivity index (χ4v) is 2.65. The quantitative estimate of drug-likeness (QED) is 0.798. The number of sulfonamides is 1. The molecule has 20 heavy (non-hydrogen) atoms. The Hall–Kier alpha value is -1.67. The molecule has 1 unspecified atom stereocenters. The van der Waals surface area contributed by atoms with E-state index in [2.05, 4.69) is 10.3 Å². The third kappa shape index (κ3) is 3.07. The zero-order valence-corrected chi connectivity index (χ0v) is 12.1. The molecule has 1 aromatic heterocycles. The smallest absolute Gasteiger partial charge is 0.326 e. The number of aromatic nitrogens is 1. The second-order valence-electron chi connectivity index (χ2n) is 4.96. The number of anilines is 1. The minimum atomic E-state index is -3.52. The van der Waals surface area contributed by atoms with Gasteiger partial charge in [-0.25, -0.2) is 22.5 Å². The highest BCUT2D eigenvalue weighted by Crippen LogP contribution is 2.34. The van der Waals surface area contributed by atoms with Crippen LogP contribution in [-0.4, -0.2) is 48.9 Å². The summed E-state index contributed by atoms with van der Waals surface area (Å²) in [6, 6.07) is 2.23. The van der Waals surface area contributed by atoms with E-state index in [1.54, 1.807) is 0 Å². The molecule has 7 nitrogen and oxygen atoms in total. The van der Waals surface area contributed by atoms with Crippen molar-refractivity contribution in [1.82, 2.24) is 9.29 Å². The zero-order chi connectivity index (χ0) is 14.9. The van der Waals surface area contributed by atoms with Crippen molar-refractivity contribution in [1.29, 1.82) is 0 Å². The van der Waals surface area contributed by atoms with E-state index < -0.39 is 22.0 Å². The predicted octanol–water partition coefficient (Wildman–Crippen LogP) is 0.607. The Kier molecular flexibility index (Phi) is 3.96. The maximum absolute atomic E-state index is 11.9. The number of pyridine rings is 1. The number of carbonyl (C=O) groups is 1. The average molecular weight is 299 g/mol. The van der Waals surface area contributed by atoms with Gasteiger partial charge in [0.25, 0.3) is 0 Å². The molecule has 0 spiro atoms. The summed E-state index contributed by atoms with van der Waals surface area (Å²) in [5.74, 6) is -0.430. The van der Waals surface area contributed by atoms with E-state index in [0.717, 1.165) is 17.1 Å². The Balaban J connectivity index is 2.14. The van der Waals surface area contributed by atoms with Crippen LogP contribution in [0.25, 0.3) is 0 Å². The van der Waals surface area contributed by atoms with E-state index in [1.165, 1.54) is 32.4 Å². The van der Waals surface area contributed by atoms with E-state index in [0.29, 0.717) is 5.82 Å². The molecule has 0 amide bonds. The molecule has 0 bridgehead atoms. The van der Waals surface area contributed by atoms with E-state index in [4.69, 9.17) is 5.11 Å². The molecule has 1 heterocycles. The van der Waals surface area contributed by atoms with Gasteiger partial charge in [-0.15, -0.1) is 0 Å². The van der Waals surface area contributed by atoms with Gasteiger partial charge < -0.3 is 10.4 Å². The van der Waals surface area contributed by atoms with Gasteiger partial charge in [0.2, 0.25) is 10.0 Å². The first kappa shape index (κ1) is 14.7. The third-order valence-electron chi connectivity index (χ3n) is 3.18. The summed E-state index contributed by atoms with van der Waals surface area (Å²) in [6.45, 7) is 0. The van der Waals surface area contributed by atoms with Gasteiger partial charge in [0.15, 0.2) is 0 Å². The van der Waals surface area contributed by atoms with E-state index >= 15 is 0 Å². The van der Waals surface area contributed by atoms with Crippen molar-refractivity contribution in [3.05, 3.63) is 18.3 Å². The number of carboxylic acids is 1. The van der Waals surface area contributed by atoms with Crippen LogP contribution in [0.2, 0.25) is 0 Å². The molecule has 1 fully saturated rings. The standard InChI is InChI=1S/C12H17N3O4S/c1-15(2)20(18,19)9-5-6-10(13-7-9)14-11(12(16)17)8-3-4-8/h5-8,11H,3-4H2,1-2H3,(H,13,14)(H,16,17). The summed E-state index contributed by atoms with van der Waals surface area (Å²) in [6.07, 6.45) is 3.00. The lowest BCUT2D eigenvalue weighted by atomic mass is 10.2. The molecule has 1 aliphatic rings. The van der Waals surface area contributed by atoms with E-state index in [9.17, 15) is 13.2 Å². The topological polar surface area (TPSA) is 99.6 Å². The molecule has 0 aromatic carbocycles. The molecule has 1 atom stereocenters. The molecule has 0 saturated heterocycles. The van der Waals surface area contributed by atoms with Crippen LogP contribution in [0, 0.1) is 5.92 Å². The van der Waals surface area contributed by atoms with Gasteiger partial charge in [-0.05, 0) is 30.9 Å². The minimum absolute atomic E-state index is 0.0753. The van der Waals surface area contributed by atoms with Gasteiger partial charge in [-0.1, -0.05) is 0 Å². The van der Waals surface area contributed by atoms with Gasteiger partial charge in [0.1, 0.15) is 16.8 Å². The van der Waals surface area contributed by atoms with Crippen LogP contribution in [0.5, 0.6) is 0 Å². The summed E-state index contributed by atoms with van der Waals surface area (Å²) in [5, 5.41) is 11.9. The zero-order valence-electron chi connectivity index (χ0n) is 11.3. The predicted molar refractivity (Wildman–Crippen MR) is 72.9 cm³/mol. The lowest BCUT2D eigenvalue weighted by molar-refractivity contribution is -0.138. The first-order valence-corrected chi connectivity index (χ1v) is 7.64. The van der Waals surface area contributed by atoms with Crippen molar-refractivity contribution in [2.75, 3.05) is 19.4 Å². The summed E-state index contributed by atoms with van der Waals surface area (Å²) < 4.78 is 24.8. The molecule has 1 aliphatic carbocycles. The number of nitrogens with zero attached hydrogens (tertiary/aromatic N) is 2. The van der Waals surface area contributed by atoms with Crippen LogP contribution < -0.4 is 5.32 Å². The first-order valence-electron chi connectivity index (χ1n) is 6.20. The molecule has 1 saturated carbocycles. The van der Waals surface area contributed by atoms with Gasteiger partial charge >= 0.3 is 5.97 Å². The maximum Gasteiger partial charge on any atom is 0.326 e. The Morgan fingerprint density at radius 2 is 2.10 bits per heavy atom. The summed E-state index contributed by atoms with van der Waals surface area (Å²) in [5.41, 5.74) is 0. The second kappa shape index (κ2) is 5.37. The van der Waals surface area contributed by atoms with Crippen LogP contribution in [0.4, 0.5) is 5.82 Å². The lowest BCUT2D eigenvalue weighted by Gasteiger charge is -2.15. The molecule has 8 heteroatoms. The second-order valence-corrected chi connectivity index (χ2v) is 7.12. The molecule has 2 rings (SSSR count). The van der Waals surface area contributed by atoms with Gasteiger partial charge in [-0.2, -0.15) is 0 Å². The van der Waals surface area contributed by atoms with Crippen molar-refractivity contribution in [2.45, 2.75) is 23.8 Å². The molecular formula is C12H17N3O4S. The average Bonchev–Trinajstić information content (AvgIpc) is 3.20. The monoisotopic (exact) mass is 299 g/mol. The largest absolute Gasteiger partial charge is 0.480 e. The highest BCUT2D eigenvalue weighted by molar-refractivity contribution is 7.89. The van der Waals surface area contributed by atoms with Crippen LogP contribution in [-0.2, 0) is 14.8 Å². The number of carboxylic acid groups (broad SMARTS) is 1. The normalized spacial score (nSPS) is 16.9. The van der Waals surface area contributed by atoms with Crippen LogP contribution in [0.15, 0.2) is 23.2 Å². The van der Waals surface area contributed by atoms with Crippen molar-refractivity contribution in [2.24, 2.45) is 5.92 Å². The number of hydrogen-bond acceptors (Lipinski definition) is 5. The summed E-state index contributed by atoms with van der Waals surface area (Å²) >= 11 is 0. The number of hydrogen-bond donors (Lipinski definition) is 2. The minimum Gasteiger partial charge on any atom is -0.480 e. The lowest BCUT2D eigenvalue weighted by Crippen LogP contribution is -2.31. The van der Waals surface area contributed by atoms with Gasteiger partial charge in [-0.3, -0.25) is 0 Å². The number of rotatable bonds is 6. The maximum atomic E-state index is 11.9. The fourth-order valence-electron chi connectivity index (χ4n) is 1.80. The van der Waals surface area contributed by atoms with Crippen molar-refractivity contribution >= 4 is 21.8 Å². The fraction of sp³-hybridized carbons (Fsp3) is 0.500. The Morgan fingerprint density at radius 3 is 2.50 bits per heavy atom. The molecule has 110 valence electrons. The van der Waals surface area contributed by atoms with Crippen LogP contribution in [0.3, 0.4) is 0 Å². The number of nitrogens with one attached hydrogen (secondary N) is 1. The SMILES string of the molecule is CN(C)S(=O)(=O)c1ccc(NC(C(=O)O)C2CC2)nc1. The van der Waals surface area contributed by atoms with Gasteiger partial charge in [0, 0.05) is 20.3 Å². The van der Waals surface area contributed by atoms with E-state index in [-0.39, 0.29) is 10.8 Å². The first-order chi connectivity index (χ1) is 9.32. The highest BCUT2D eigenvalue weighted by atomic mass is 32.2. The Bertz CT molecular complexity index is 594. The van der Waals surface area contributed by atoms with Crippen molar-refractivity contribution < 1.29 is 18.3 Å². The summed E-state index contributed by atoms with van der Waals surface area (Å²) in [4.78, 5) is 15.2. The number of aliphatic carboxylic acids is 1. The summed E-state index contributed by atoms with van der Waals surface area (Å²) in [7, 11) is -0.637. The van der Waals surface area contributed by atoms with Crippen molar-refractivity contribution in [3.63, 3.8) is 0 Å².